The molecule has 2 aliphatic heterocycles. The number of carbonyl (C=O) groups excluding carboxylic acids is 2. The van der Waals surface area contributed by atoms with Crippen molar-refractivity contribution in [2.24, 2.45) is 18.0 Å². The molecule has 204 valence electrons. The lowest BCUT2D eigenvalue weighted by Gasteiger charge is -2.30. The van der Waals surface area contributed by atoms with Gasteiger partial charge in [-0.05, 0) is 37.0 Å². The third-order valence-electron chi connectivity index (χ3n) is 8.09. The van der Waals surface area contributed by atoms with E-state index in [1.165, 1.54) is 6.07 Å². The van der Waals surface area contributed by atoms with E-state index in [1.807, 2.05) is 58.0 Å². The quantitative estimate of drug-likeness (QED) is 0.522. The number of carbonyl (C=O) groups is 2. The number of aryl methyl sites for hydroxylation is 1. The Kier molecular flexibility index (Phi) is 6.88. The van der Waals surface area contributed by atoms with Crippen LogP contribution >= 0.6 is 0 Å². The summed E-state index contributed by atoms with van der Waals surface area (Å²) < 4.78 is 7.04. The molecule has 9 nitrogen and oxygen atoms in total. The largest absolute Gasteiger partial charge is 0.391 e. The van der Waals surface area contributed by atoms with Gasteiger partial charge in [-0.1, -0.05) is 49.3 Å². The SMILES string of the molecule is Cc1cc([C@H](C(=O)N2C[C@H](O)C[C@H]2C2=NC(=O)[C@](C)(c3ccc(-c4cccc(=O)n4C)cc3)C2)C(C)C)on1. The smallest absolute Gasteiger partial charge is 0.256 e. The molecule has 5 rings (SSSR count). The van der Waals surface area contributed by atoms with Crippen molar-refractivity contribution in [3.63, 3.8) is 0 Å². The van der Waals surface area contributed by atoms with E-state index < -0.39 is 23.5 Å². The van der Waals surface area contributed by atoms with Crippen LogP contribution in [0.2, 0.25) is 0 Å². The number of likely N-dealkylation sites (tertiary alicyclic amines) is 1. The van der Waals surface area contributed by atoms with Crippen LogP contribution in [0, 0.1) is 12.8 Å². The Morgan fingerprint density at radius 2 is 1.87 bits per heavy atom. The van der Waals surface area contributed by atoms with Crippen molar-refractivity contribution < 1.29 is 19.2 Å². The average molecular weight is 531 g/mol. The van der Waals surface area contributed by atoms with Gasteiger partial charge in [0.25, 0.3) is 11.5 Å². The van der Waals surface area contributed by atoms with E-state index in [2.05, 4.69) is 10.1 Å². The van der Waals surface area contributed by atoms with Crippen LogP contribution in [0.15, 0.2) is 62.8 Å². The summed E-state index contributed by atoms with van der Waals surface area (Å²) in [6, 6.07) is 14.0. The molecule has 1 N–H and O–H groups in total. The molecular weight excluding hydrogens is 496 g/mol. The molecule has 1 saturated heterocycles. The van der Waals surface area contributed by atoms with E-state index in [1.54, 1.807) is 28.6 Å². The lowest BCUT2D eigenvalue weighted by Crippen LogP contribution is -2.44. The summed E-state index contributed by atoms with van der Waals surface area (Å²) in [5.74, 6) is -0.535. The van der Waals surface area contributed by atoms with Gasteiger partial charge in [-0.15, -0.1) is 0 Å². The van der Waals surface area contributed by atoms with Gasteiger partial charge in [0, 0.05) is 44.3 Å². The highest BCUT2D eigenvalue weighted by Gasteiger charge is 2.48. The molecule has 3 aromatic rings. The summed E-state index contributed by atoms with van der Waals surface area (Å²) in [5.41, 5.74) is 2.78. The number of aliphatic hydroxyl groups excluding tert-OH is 1. The van der Waals surface area contributed by atoms with E-state index in [-0.39, 0.29) is 29.8 Å². The molecule has 0 bridgehead atoms. The van der Waals surface area contributed by atoms with Crippen LogP contribution in [0.4, 0.5) is 0 Å². The standard InChI is InChI=1S/C30H34N4O5/c1-17(2)27(25-13-18(3)32-39-25)28(37)34-16-21(35)14-24(34)22-15-30(4,29(38)31-22)20-11-9-19(10-12-20)23-7-6-8-26(36)33(23)5/h6-13,17,21,24,27,35H,14-16H2,1-5H3/t21-,24+,27-,30+/m1/s1. The van der Waals surface area contributed by atoms with Crippen molar-refractivity contribution in [3.8, 4) is 11.3 Å². The van der Waals surface area contributed by atoms with Crippen LogP contribution in [0.1, 0.15) is 56.5 Å². The number of amides is 2. The van der Waals surface area contributed by atoms with Gasteiger partial charge in [0.05, 0.1) is 28.9 Å². The molecule has 2 aromatic heterocycles. The Hall–Kier alpha value is -3.85. The van der Waals surface area contributed by atoms with Crippen molar-refractivity contribution in [2.75, 3.05) is 6.54 Å². The predicted octanol–water partition coefficient (Wildman–Crippen LogP) is 3.38. The van der Waals surface area contributed by atoms with Crippen LogP contribution in [0.3, 0.4) is 0 Å². The van der Waals surface area contributed by atoms with E-state index in [0.717, 1.165) is 16.8 Å². The molecule has 9 heteroatoms. The molecule has 4 atom stereocenters. The number of rotatable bonds is 6. The molecule has 4 heterocycles. The van der Waals surface area contributed by atoms with Gasteiger partial charge >= 0.3 is 0 Å². The maximum Gasteiger partial charge on any atom is 0.256 e. The van der Waals surface area contributed by atoms with E-state index >= 15 is 0 Å². The van der Waals surface area contributed by atoms with Crippen molar-refractivity contribution in [1.82, 2.24) is 14.6 Å². The fourth-order valence-corrected chi connectivity index (χ4v) is 5.83. The maximum absolute atomic E-state index is 13.8. The van der Waals surface area contributed by atoms with Crippen molar-refractivity contribution in [2.45, 2.75) is 64.0 Å². The minimum atomic E-state index is -0.891. The minimum Gasteiger partial charge on any atom is -0.391 e. The van der Waals surface area contributed by atoms with Gasteiger partial charge in [0.2, 0.25) is 5.91 Å². The Balaban J connectivity index is 1.40. The summed E-state index contributed by atoms with van der Waals surface area (Å²) in [6.07, 6.45) is -0.0243. The van der Waals surface area contributed by atoms with Crippen LogP contribution in [0.5, 0.6) is 0 Å². The second kappa shape index (κ2) is 10.0. The summed E-state index contributed by atoms with van der Waals surface area (Å²) in [4.78, 5) is 45.3. The first-order valence-corrected chi connectivity index (χ1v) is 13.3. The van der Waals surface area contributed by atoms with Crippen LogP contribution in [0.25, 0.3) is 11.3 Å². The monoisotopic (exact) mass is 530 g/mol. The number of hydrogen-bond acceptors (Lipinski definition) is 6. The van der Waals surface area contributed by atoms with Crippen molar-refractivity contribution >= 4 is 17.5 Å². The highest BCUT2D eigenvalue weighted by atomic mass is 16.5. The molecule has 39 heavy (non-hydrogen) atoms. The molecule has 2 aliphatic rings. The first kappa shape index (κ1) is 26.7. The summed E-state index contributed by atoms with van der Waals surface area (Å²) in [6.45, 7) is 7.75. The number of β-amino-alcohol motifs (C(OH)–C–C–N with tert-alkyl or cyclic N) is 1. The summed E-state index contributed by atoms with van der Waals surface area (Å²) in [5, 5.41) is 14.5. The van der Waals surface area contributed by atoms with Crippen LogP contribution < -0.4 is 5.56 Å². The third kappa shape index (κ3) is 4.76. The van der Waals surface area contributed by atoms with Crippen LogP contribution in [-0.2, 0) is 22.1 Å². The average Bonchev–Trinajstić information content (AvgIpc) is 3.58. The molecule has 0 unspecified atom stereocenters. The molecule has 2 amide bonds. The van der Waals surface area contributed by atoms with Gasteiger partial charge in [0.1, 0.15) is 11.7 Å². The van der Waals surface area contributed by atoms with Gasteiger partial charge < -0.3 is 19.1 Å². The Labute approximate surface area is 227 Å². The fourth-order valence-electron chi connectivity index (χ4n) is 5.83. The lowest BCUT2D eigenvalue weighted by atomic mass is 9.78. The van der Waals surface area contributed by atoms with Gasteiger partial charge in [-0.25, -0.2) is 4.99 Å². The maximum atomic E-state index is 13.8. The second-order valence-electron chi connectivity index (χ2n) is 11.3. The number of nitrogens with zero attached hydrogens (tertiary/aromatic N) is 4. The summed E-state index contributed by atoms with van der Waals surface area (Å²) in [7, 11) is 1.73. The number of hydrogen-bond donors (Lipinski definition) is 1. The number of aliphatic hydroxyl groups is 1. The molecule has 1 fully saturated rings. The summed E-state index contributed by atoms with van der Waals surface area (Å²) >= 11 is 0. The van der Waals surface area contributed by atoms with Crippen LogP contribution in [-0.4, -0.2) is 55.9 Å². The third-order valence-corrected chi connectivity index (χ3v) is 8.09. The molecule has 1 aromatic carbocycles. The first-order chi connectivity index (χ1) is 18.5. The zero-order valence-electron chi connectivity index (χ0n) is 22.9. The van der Waals surface area contributed by atoms with E-state index in [4.69, 9.17) is 4.52 Å². The fraction of sp³-hybridized carbons (Fsp3) is 0.433. The van der Waals surface area contributed by atoms with Gasteiger partial charge in [-0.2, -0.15) is 0 Å². The van der Waals surface area contributed by atoms with Gasteiger partial charge in [-0.3, -0.25) is 14.4 Å². The van der Waals surface area contributed by atoms with Crippen molar-refractivity contribution in [1.29, 1.82) is 0 Å². The highest BCUT2D eigenvalue weighted by molar-refractivity contribution is 6.11. The minimum absolute atomic E-state index is 0.0525. The number of aromatic nitrogens is 2. The predicted molar refractivity (Wildman–Crippen MR) is 146 cm³/mol. The number of benzene rings is 1. The topological polar surface area (TPSA) is 118 Å². The molecule has 0 radical (unpaired) electrons. The second-order valence-corrected chi connectivity index (χ2v) is 11.3. The normalized spacial score (nSPS) is 23.9. The molecule has 0 aliphatic carbocycles. The Morgan fingerprint density at radius 3 is 2.51 bits per heavy atom. The Morgan fingerprint density at radius 1 is 1.15 bits per heavy atom. The van der Waals surface area contributed by atoms with E-state index in [0.29, 0.717) is 30.0 Å². The Bertz CT molecular complexity index is 1500. The highest BCUT2D eigenvalue weighted by Crippen LogP contribution is 2.39. The zero-order valence-corrected chi connectivity index (χ0v) is 22.9. The van der Waals surface area contributed by atoms with E-state index in [9.17, 15) is 19.5 Å². The first-order valence-electron chi connectivity index (χ1n) is 13.3. The van der Waals surface area contributed by atoms with Crippen molar-refractivity contribution in [3.05, 3.63) is 75.9 Å². The zero-order chi connectivity index (χ0) is 28.1. The van der Waals surface area contributed by atoms with Gasteiger partial charge in [0.15, 0.2) is 0 Å². The molecular formula is C30H34N4O5. The number of pyridine rings is 1. The molecule has 0 saturated carbocycles. The lowest BCUT2D eigenvalue weighted by molar-refractivity contribution is -0.134. The molecule has 0 spiro atoms. The number of aliphatic imine (C=N–C) groups is 1.